The van der Waals surface area contributed by atoms with Gasteiger partial charge in [0.2, 0.25) is 0 Å². The van der Waals surface area contributed by atoms with E-state index in [0.717, 1.165) is 19.1 Å². The number of rotatable bonds is 1. The van der Waals surface area contributed by atoms with Gasteiger partial charge in [0, 0.05) is 25.7 Å². The molecule has 3 rings (SSSR count). The molecule has 2 nitrogen and oxygen atoms in total. The summed E-state index contributed by atoms with van der Waals surface area (Å²) in [5, 5.41) is 0. The summed E-state index contributed by atoms with van der Waals surface area (Å²) >= 11 is 0. The van der Waals surface area contributed by atoms with E-state index in [1.54, 1.807) is 11.1 Å². The Morgan fingerprint density at radius 1 is 1.19 bits per heavy atom. The van der Waals surface area contributed by atoms with Crippen molar-refractivity contribution in [2.45, 2.75) is 32.5 Å². The topological polar surface area (TPSA) is 6.48 Å². The van der Waals surface area contributed by atoms with Crippen molar-refractivity contribution in [3.05, 3.63) is 34.9 Å². The summed E-state index contributed by atoms with van der Waals surface area (Å²) in [7, 11) is 2.23. The summed E-state index contributed by atoms with van der Waals surface area (Å²) in [5.41, 5.74) is 4.49. The minimum atomic E-state index is 0.776. The van der Waals surface area contributed by atoms with Crippen molar-refractivity contribution in [3.63, 3.8) is 0 Å². The fraction of sp³-hybridized carbons (Fsp3) is 0.571. The zero-order chi connectivity index (χ0) is 11.1. The van der Waals surface area contributed by atoms with Crippen LogP contribution in [0.1, 0.15) is 23.1 Å². The number of nitrogens with zero attached hydrogens (tertiary/aromatic N) is 2. The lowest BCUT2D eigenvalue weighted by Gasteiger charge is -2.22. The van der Waals surface area contributed by atoms with Crippen LogP contribution in [0.15, 0.2) is 18.2 Å². The van der Waals surface area contributed by atoms with E-state index in [1.165, 1.54) is 25.1 Å². The number of likely N-dealkylation sites (N-methyl/N-ethyl adjacent to an activating group) is 1. The average Bonchev–Trinajstić information content (AvgIpc) is 2.83. The van der Waals surface area contributed by atoms with Crippen LogP contribution in [0, 0.1) is 6.92 Å². The van der Waals surface area contributed by atoms with Crippen LogP contribution >= 0.6 is 0 Å². The number of benzene rings is 1. The SMILES string of the molecule is Cc1ccc2c(c1)CN(C1CCN(C)C1)C2. The minimum Gasteiger partial charge on any atom is -0.305 e. The van der Waals surface area contributed by atoms with Gasteiger partial charge in [0.15, 0.2) is 0 Å². The van der Waals surface area contributed by atoms with Crippen molar-refractivity contribution in [1.29, 1.82) is 0 Å². The van der Waals surface area contributed by atoms with Crippen LogP contribution < -0.4 is 0 Å². The standard InChI is InChI=1S/C14H20N2/c1-11-3-4-12-8-16(9-13(12)7-11)14-5-6-15(2)10-14/h3-4,7,14H,5-6,8-10H2,1-2H3. The third-order valence-electron chi connectivity index (χ3n) is 3.99. The van der Waals surface area contributed by atoms with Crippen molar-refractivity contribution in [2.75, 3.05) is 20.1 Å². The molecule has 0 spiro atoms. The van der Waals surface area contributed by atoms with Gasteiger partial charge in [-0.25, -0.2) is 0 Å². The van der Waals surface area contributed by atoms with Gasteiger partial charge in [-0.3, -0.25) is 4.90 Å². The Labute approximate surface area is 97.9 Å². The molecule has 2 heteroatoms. The summed E-state index contributed by atoms with van der Waals surface area (Å²) in [6.07, 6.45) is 1.34. The lowest BCUT2D eigenvalue weighted by Crippen LogP contribution is -2.32. The van der Waals surface area contributed by atoms with Crippen molar-refractivity contribution >= 4 is 0 Å². The van der Waals surface area contributed by atoms with Gasteiger partial charge in [-0.1, -0.05) is 23.8 Å². The second kappa shape index (κ2) is 3.86. The van der Waals surface area contributed by atoms with Crippen molar-refractivity contribution in [2.24, 2.45) is 0 Å². The molecule has 0 amide bonds. The zero-order valence-electron chi connectivity index (χ0n) is 10.2. The van der Waals surface area contributed by atoms with Crippen LogP contribution in [-0.4, -0.2) is 36.0 Å². The zero-order valence-corrected chi connectivity index (χ0v) is 10.2. The average molecular weight is 216 g/mol. The highest BCUT2D eigenvalue weighted by Gasteiger charge is 2.29. The molecule has 2 heterocycles. The molecule has 1 saturated heterocycles. The number of hydrogen-bond donors (Lipinski definition) is 0. The highest BCUT2D eigenvalue weighted by molar-refractivity contribution is 5.34. The lowest BCUT2D eigenvalue weighted by molar-refractivity contribution is 0.201. The first kappa shape index (κ1) is 10.3. The summed E-state index contributed by atoms with van der Waals surface area (Å²) in [4.78, 5) is 5.09. The van der Waals surface area contributed by atoms with E-state index >= 15 is 0 Å². The number of hydrogen-bond acceptors (Lipinski definition) is 2. The first-order chi connectivity index (χ1) is 7.72. The Hall–Kier alpha value is -0.860. The second-order valence-corrected chi connectivity index (χ2v) is 5.38. The van der Waals surface area contributed by atoms with Gasteiger partial charge in [0.05, 0.1) is 0 Å². The maximum atomic E-state index is 2.65. The molecule has 1 aromatic rings. The molecule has 2 aliphatic rings. The maximum Gasteiger partial charge on any atom is 0.0244 e. The van der Waals surface area contributed by atoms with Crippen LogP contribution in [0.4, 0.5) is 0 Å². The maximum absolute atomic E-state index is 2.65. The molecule has 0 aliphatic carbocycles. The van der Waals surface area contributed by atoms with Crippen LogP contribution in [-0.2, 0) is 13.1 Å². The largest absolute Gasteiger partial charge is 0.305 e. The molecular weight excluding hydrogens is 196 g/mol. The van der Waals surface area contributed by atoms with Crippen molar-refractivity contribution < 1.29 is 0 Å². The van der Waals surface area contributed by atoms with E-state index in [9.17, 15) is 0 Å². The molecule has 1 atom stereocenters. The number of likely N-dealkylation sites (tertiary alicyclic amines) is 1. The third-order valence-corrected chi connectivity index (χ3v) is 3.99. The monoisotopic (exact) mass is 216 g/mol. The fourth-order valence-electron chi connectivity index (χ4n) is 3.02. The normalized spacial score (nSPS) is 26.2. The lowest BCUT2D eigenvalue weighted by atomic mass is 10.1. The molecule has 16 heavy (non-hydrogen) atoms. The van der Waals surface area contributed by atoms with Crippen LogP contribution in [0.25, 0.3) is 0 Å². The van der Waals surface area contributed by atoms with Crippen LogP contribution in [0.5, 0.6) is 0 Å². The highest BCUT2D eigenvalue weighted by atomic mass is 15.2. The Morgan fingerprint density at radius 2 is 2.00 bits per heavy atom. The van der Waals surface area contributed by atoms with Crippen LogP contribution in [0.3, 0.4) is 0 Å². The molecule has 0 aromatic heterocycles. The predicted octanol–water partition coefficient (Wildman–Crippen LogP) is 2.01. The smallest absolute Gasteiger partial charge is 0.0244 e. The van der Waals surface area contributed by atoms with Gasteiger partial charge in [-0.15, -0.1) is 0 Å². The number of fused-ring (bicyclic) bond motifs is 1. The molecule has 0 saturated carbocycles. The highest BCUT2D eigenvalue weighted by Crippen LogP contribution is 2.28. The van der Waals surface area contributed by atoms with Gasteiger partial charge in [-0.05, 0) is 38.1 Å². The molecule has 1 fully saturated rings. The van der Waals surface area contributed by atoms with Gasteiger partial charge in [0.25, 0.3) is 0 Å². The van der Waals surface area contributed by atoms with Crippen molar-refractivity contribution in [1.82, 2.24) is 9.80 Å². The Morgan fingerprint density at radius 3 is 2.75 bits per heavy atom. The molecule has 1 aromatic carbocycles. The Kier molecular flexibility index (Phi) is 2.49. The van der Waals surface area contributed by atoms with Gasteiger partial charge in [0.1, 0.15) is 0 Å². The van der Waals surface area contributed by atoms with Gasteiger partial charge < -0.3 is 4.90 Å². The predicted molar refractivity (Wildman–Crippen MR) is 66.3 cm³/mol. The minimum absolute atomic E-state index is 0.776. The third kappa shape index (κ3) is 1.76. The quantitative estimate of drug-likeness (QED) is 0.708. The van der Waals surface area contributed by atoms with E-state index in [2.05, 4.69) is 42.0 Å². The first-order valence-electron chi connectivity index (χ1n) is 6.23. The molecule has 0 bridgehead atoms. The summed E-state index contributed by atoms with van der Waals surface area (Å²) in [6, 6.07) is 7.68. The van der Waals surface area contributed by atoms with E-state index in [-0.39, 0.29) is 0 Å². The first-order valence-corrected chi connectivity index (χ1v) is 6.23. The summed E-state index contributed by atoms with van der Waals surface area (Å²) in [6.45, 7) is 7.01. The molecular formula is C14H20N2. The van der Waals surface area contributed by atoms with E-state index in [4.69, 9.17) is 0 Å². The second-order valence-electron chi connectivity index (χ2n) is 5.38. The molecule has 1 unspecified atom stereocenters. The van der Waals surface area contributed by atoms with Crippen molar-refractivity contribution in [3.8, 4) is 0 Å². The van der Waals surface area contributed by atoms with Gasteiger partial charge >= 0.3 is 0 Å². The number of aryl methyl sites for hydroxylation is 1. The molecule has 0 N–H and O–H groups in total. The van der Waals surface area contributed by atoms with E-state index < -0.39 is 0 Å². The van der Waals surface area contributed by atoms with Crippen LogP contribution in [0.2, 0.25) is 0 Å². The van der Waals surface area contributed by atoms with E-state index in [0.29, 0.717) is 0 Å². The van der Waals surface area contributed by atoms with E-state index in [1.807, 2.05) is 0 Å². The molecule has 2 aliphatic heterocycles. The Bertz CT molecular complexity index is 400. The molecule has 0 radical (unpaired) electrons. The molecule has 86 valence electrons. The summed E-state index contributed by atoms with van der Waals surface area (Å²) < 4.78 is 0. The Balaban J connectivity index is 1.75. The summed E-state index contributed by atoms with van der Waals surface area (Å²) in [5.74, 6) is 0. The fourth-order valence-corrected chi connectivity index (χ4v) is 3.02. The van der Waals surface area contributed by atoms with Gasteiger partial charge in [-0.2, -0.15) is 0 Å².